The molecule has 2 aromatic heterocycles. The van der Waals surface area contributed by atoms with Gasteiger partial charge >= 0.3 is 0 Å². The molecule has 7 heteroatoms. The first-order valence-electron chi connectivity index (χ1n) is 5.74. The third-order valence-corrected chi connectivity index (χ3v) is 2.73. The van der Waals surface area contributed by atoms with Crippen molar-refractivity contribution < 1.29 is 0 Å². The van der Waals surface area contributed by atoms with Gasteiger partial charge in [-0.2, -0.15) is 5.10 Å². The number of nitrogens with one attached hydrogen (secondary N) is 3. The molecule has 19 heavy (non-hydrogen) atoms. The molecule has 3 aromatic rings. The first kappa shape index (κ1) is 11.3. The first-order chi connectivity index (χ1) is 9.22. The third kappa shape index (κ3) is 2.25. The fourth-order valence-corrected chi connectivity index (χ4v) is 1.80. The second-order valence-corrected chi connectivity index (χ2v) is 4.13. The maximum absolute atomic E-state index is 11.9. The van der Waals surface area contributed by atoms with Crippen molar-refractivity contribution in [1.82, 2.24) is 20.2 Å². The van der Waals surface area contributed by atoms with E-state index in [1.807, 2.05) is 6.07 Å². The zero-order valence-corrected chi connectivity index (χ0v) is 9.97. The predicted octanol–water partition coefficient (Wildman–Crippen LogP) is 0.840. The van der Waals surface area contributed by atoms with Gasteiger partial charge in [0, 0.05) is 11.9 Å². The fourth-order valence-electron chi connectivity index (χ4n) is 1.80. The molecule has 0 unspecified atom stereocenters. The number of hydrogen-bond donors (Lipinski definition) is 4. The van der Waals surface area contributed by atoms with Crippen molar-refractivity contribution in [2.45, 2.75) is 6.54 Å². The van der Waals surface area contributed by atoms with E-state index >= 15 is 0 Å². The number of fused-ring (bicyclic) bond motifs is 1. The van der Waals surface area contributed by atoms with Crippen LogP contribution in [0.2, 0.25) is 0 Å². The summed E-state index contributed by atoms with van der Waals surface area (Å²) in [5, 5.41) is 10.2. The maximum Gasteiger partial charge on any atom is 0.260 e. The molecule has 0 aliphatic rings. The van der Waals surface area contributed by atoms with Gasteiger partial charge in [0.2, 0.25) is 5.95 Å². The highest BCUT2D eigenvalue weighted by Gasteiger charge is 2.04. The second kappa shape index (κ2) is 4.45. The highest BCUT2D eigenvalue weighted by molar-refractivity contribution is 5.81. The molecule has 5 N–H and O–H groups in total. The number of anilines is 2. The van der Waals surface area contributed by atoms with Crippen molar-refractivity contribution in [3.63, 3.8) is 0 Å². The minimum absolute atomic E-state index is 0.218. The SMILES string of the molecule is Nc1ccc2nc(NCc3ccn[nH]3)[nH]c(=O)c2c1. The lowest BCUT2D eigenvalue weighted by Crippen LogP contribution is -2.13. The van der Waals surface area contributed by atoms with Gasteiger partial charge < -0.3 is 11.1 Å². The molecule has 0 saturated carbocycles. The van der Waals surface area contributed by atoms with Crippen LogP contribution in [-0.2, 0) is 6.54 Å². The van der Waals surface area contributed by atoms with Crippen molar-refractivity contribution in [2.24, 2.45) is 0 Å². The van der Waals surface area contributed by atoms with Gasteiger partial charge in [-0.1, -0.05) is 0 Å². The van der Waals surface area contributed by atoms with Crippen LogP contribution < -0.4 is 16.6 Å². The quantitative estimate of drug-likeness (QED) is 0.519. The Morgan fingerprint density at radius 3 is 3.00 bits per heavy atom. The summed E-state index contributed by atoms with van der Waals surface area (Å²) in [7, 11) is 0. The average Bonchev–Trinajstić information content (AvgIpc) is 2.90. The number of rotatable bonds is 3. The minimum Gasteiger partial charge on any atom is -0.399 e. The molecule has 0 saturated heterocycles. The van der Waals surface area contributed by atoms with Gasteiger partial charge in [0.15, 0.2) is 0 Å². The minimum atomic E-state index is -0.218. The Morgan fingerprint density at radius 1 is 1.32 bits per heavy atom. The van der Waals surface area contributed by atoms with E-state index in [4.69, 9.17) is 5.73 Å². The van der Waals surface area contributed by atoms with Crippen molar-refractivity contribution in [2.75, 3.05) is 11.1 Å². The van der Waals surface area contributed by atoms with E-state index in [2.05, 4.69) is 25.5 Å². The lowest BCUT2D eigenvalue weighted by Gasteiger charge is -2.05. The molecule has 0 fully saturated rings. The standard InChI is InChI=1S/C12H12N6O/c13-7-1-2-10-9(5-7)11(19)17-12(16-10)14-6-8-3-4-15-18-8/h1-5H,6,13H2,(H,15,18)(H2,14,16,17,19). The molecule has 96 valence electrons. The number of benzene rings is 1. The lowest BCUT2D eigenvalue weighted by atomic mass is 10.2. The maximum atomic E-state index is 11.9. The summed E-state index contributed by atoms with van der Waals surface area (Å²) in [4.78, 5) is 18.9. The highest BCUT2D eigenvalue weighted by atomic mass is 16.1. The Hall–Kier alpha value is -2.83. The normalized spacial score (nSPS) is 10.7. The summed E-state index contributed by atoms with van der Waals surface area (Å²) < 4.78 is 0. The number of nitrogen functional groups attached to an aromatic ring is 1. The average molecular weight is 256 g/mol. The van der Waals surface area contributed by atoms with Gasteiger partial charge in [0.25, 0.3) is 5.56 Å². The summed E-state index contributed by atoms with van der Waals surface area (Å²) in [6.07, 6.45) is 1.66. The molecule has 0 aliphatic carbocycles. The van der Waals surface area contributed by atoms with Crippen LogP contribution in [0.15, 0.2) is 35.3 Å². The Morgan fingerprint density at radius 2 is 2.21 bits per heavy atom. The van der Waals surface area contributed by atoms with E-state index in [1.165, 1.54) is 0 Å². The molecular weight excluding hydrogens is 244 g/mol. The van der Waals surface area contributed by atoms with Crippen LogP contribution in [0.3, 0.4) is 0 Å². The van der Waals surface area contributed by atoms with E-state index < -0.39 is 0 Å². The summed E-state index contributed by atoms with van der Waals surface area (Å²) in [6.45, 7) is 0.503. The van der Waals surface area contributed by atoms with Crippen LogP contribution in [0.5, 0.6) is 0 Å². The predicted molar refractivity (Wildman–Crippen MR) is 72.7 cm³/mol. The molecule has 0 amide bonds. The first-order valence-corrected chi connectivity index (χ1v) is 5.74. The summed E-state index contributed by atoms with van der Waals surface area (Å²) in [5.41, 5.74) is 7.47. The Bertz CT molecular complexity index is 761. The molecule has 2 heterocycles. The van der Waals surface area contributed by atoms with E-state index in [9.17, 15) is 4.79 Å². The monoisotopic (exact) mass is 256 g/mol. The lowest BCUT2D eigenvalue weighted by molar-refractivity contribution is 0.962. The summed E-state index contributed by atoms with van der Waals surface area (Å²) in [5.74, 6) is 0.414. The molecule has 0 aliphatic heterocycles. The van der Waals surface area contributed by atoms with Crippen LogP contribution in [0.1, 0.15) is 5.69 Å². The molecule has 0 spiro atoms. The number of aromatic nitrogens is 4. The van der Waals surface area contributed by atoms with Crippen LogP contribution in [0, 0.1) is 0 Å². The van der Waals surface area contributed by atoms with Gasteiger partial charge in [-0.05, 0) is 24.3 Å². The van der Waals surface area contributed by atoms with Crippen LogP contribution in [0.4, 0.5) is 11.6 Å². The number of hydrogen-bond acceptors (Lipinski definition) is 5. The second-order valence-electron chi connectivity index (χ2n) is 4.13. The molecule has 7 nitrogen and oxygen atoms in total. The van der Waals surface area contributed by atoms with Gasteiger partial charge in [0.05, 0.1) is 23.1 Å². The molecular formula is C12H12N6O. The van der Waals surface area contributed by atoms with Gasteiger partial charge in [-0.3, -0.25) is 14.9 Å². The van der Waals surface area contributed by atoms with E-state index in [1.54, 1.807) is 24.4 Å². The topological polar surface area (TPSA) is 112 Å². The van der Waals surface area contributed by atoms with Crippen molar-refractivity contribution in [3.8, 4) is 0 Å². The Labute approximate surface area is 107 Å². The smallest absolute Gasteiger partial charge is 0.260 e. The molecule has 0 radical (unpaired) electrons. The zero-order chi connectivity index (χ0) is 13.2. The molecule has 0 bridgehead atoms. The van der Waals surface area contributed by atoms with Gasteiger partial charge in [0.1, 0.15) is 0 Å². The van der Waals surface area contributed by atoms with Crippen molar-refractivity contribution in [3.05, 3.63) is 46.5 Å². The highest BCUT2D eigenvalue weighted by Crippen LogP contribution is 2.12. The van der Waals surface area contributed by atoms with Gasteiger partial charge in [-0.25, -0.2) is 4.98 Å². The zero-order valence-electron chi connectivity index (χ0n) is 9.97. The van der Waals surface area contributed by atoms with E-state index in [-0.39, 0.29) is 5.56 Å². The van der Waals surface area contributed by atoms with Crippen molar-refractivity contribution in [1.29, 1.82) is 0 Å². The van der Waals surface area contributed by atoms with Crippen LogP contribution in [-0.4, -0.2) is 20.2 Å². The summed E-state index contributed by atoms with van der Waals surface area (Å²) >= 11 is 0. The van der Waals surface area contributed by atoms with E-state index in [0.717, 1.165) is 5.69 Å². The Balaban J connectivity index is 1.93. The number of nitrogens with two attached hydrogens (primary N) is 1. The van der Waals surface area contributed by atoms with Gasteiger partial charge in [-0.15, -0.1) is 0 Å². The van der Waals surface area contributed by atoms with E-state index in [0.29, 0.717) is 29.1 Å². The molecule has 0 atom stereocenters. The van der Waals surface area contributed by atoms with Crippen LogP contribution in [0.25, 0.3) is 10.9 Å². The third-order valence-electron chi connectivity index (χ3n) is 2.73. The Kier molecular flexibility index (Phi) is 2.64. The molecule has 1 aromatic carbocycles. The van der Waals surface area contributed by atoms with Crippen molar-refractivity contribution >= 4 is 22.5 Å². The molecule has 3 rings (SSSR count). The number of H-pyrrole nitrogens is 2. The number of nitrogens with zero attached hydrogens (tertiary/aromatic N) is 2. The van der Waals surface area contributed by atoms with Crippen LogP contribution >= 0.6 is 0 Å². The summed E-state index contributed by atoms with van der Waals surface area (Å²) in [6, 6.07) is 6.89. The number of aromatic amines is 2. The largest absolute Gasteiger partial charge is 0.399 e. The fraction of sp³-hybridized carbons (Fsp3) is 0.0833.